The Morgan fingerprint density at radius 3 is 2.63 bits per heavy atom. The van der Waals surface area contributed by atoms with E-state index < -0.39 is 16.6 Å². The molecule has 0 saturated carbocycles. The summed E-state index contributed by atoms with van der Waals surface area (Å²) in [5.41, 5.74) is -0.428. The van der Waals surface area contributed by atoms with E-state index in [-0.39, 0.29) is 22.2 Å². The summed E-state index contributed by atoms with van der Waals surface area (Å²) in [5.74, 6) is -1.25. The van der Waals surface area contributed by atoms with Crippen LogP contribution in [0.5, 0.6) is 0 Å². The van der Waals surface area contributed by atoms with Crippen LogP contribution >= 0.6 is 11.6 Å². The fraction of sp³-hybridized carbons (Fsp3) is 0.385. The second-order valence-corrected chi connectivity index (χ2v) is 5.03. The standard InChI is InChI=1S/C13H13ClN2O3/c1-8(2)5-9(7-15)13(17)11-4-3-10(14)6-12(11)16(18)19/h3-4,6,8-9H,5H2,1-2H3. The number of nitriles is 1. The first-order valence-corrected chi connectivity index (χ1v) is 6.12. The molecule has 100 valence electrons. The fourth-order valence-corrected chi connectivity index (χ4v) is 1.91. The van der Waals surface area contributed by atoms with Crippen LogP contribution in [0.4, 0.5) is 5.69 Å². The van der Waals surface area contributed by atoms with Crippen LogP contribution in [0.25, 0.3) is 0 Å². The molecule has 1 unspecified atom stereocenters. The first kappa shape index (κ1) is 15.1. The van der Waals surface area contributed by atoms with Crippen molar-refractivity contribution >= 4 is 23.1 Å². The molecule has 5 nitrogen and oxygen atoms in total. The van der Waals surface area contributed by atoms with Crippen molar-refractivity contribution in [1.82, 2.24) is 0 Å². The van der Waals surface area contributed by atoms with Crippen molar-refractivity contribution < 1.29 is 9.72 Å². The van der Waals surface area contributed by atoms with Gasteiger partial charge in [0, 0.05) is 11.1 Å². The maximum Gasteiger partial charge on any atom is 0.281 e. The second kappa shape index (κ2) is 6.30. The van der Waals surface area contributed by atoms with Gasteiger partial charge in [0.15, 0.2) is 5.78 Å². The van der Waals surface area contributed by atoms with Gasteiger partial charge < -0.3 is 0 Å². The highest BCUT2D eigenvalue weighted by Gasteiger charge is 2.27. The minimum absolute atomic E-state index is 0.0680. The maximum absolute atomic E-state index is 12.2. The molecule has 1 aromatic carbocycles. The van der Waals surface area contributed by atoms with Gasteiger partial charge in [0.1, 0.15) is 5.92 Å². The topological polar surface area (TPSA) is 84.0 Å². The van der Waals surface area contributed by atoms with Crippen LogP contribution in [0, 0.1) is 33.3 Å². The molecule has 0 aromatic heterocycles. The predicted octanol–water partition coefficient (Wildman–Crippen LogP) is 3.62. The zero-order valence-corrected chi connectivity index (χ0v) is 11.3. The second-order valence-electron chi connectivity index (χ2n) is 4.59. The number of carbonyl (C=O) groups excluding carboxylic acids is 1. The van der Waals surface area contributed by atoms with Crippen LogP contribution < -0.4 is 0 Å². The van der Waals surface area contributed by atoms with E-state index in [2.05, 4.69) is 0 Å². The molecule has 0 fully saturated rings. The van der Waals surface area contributed by atoms with Crippen molar-refractivity contribution in [3.05, 3.63) is 38.9 Å². The Hall–Kier alpha value is -1.93. The number of carbonyl (C=O) groups is 1. The third-order valence-corrected chi connectivity index (χ3v) is 2.84. The minimum Gasteiger partial charge on any atom is -0.292 e. The number of hydrogen-bond donors (Lipinski definition) is 0. The molecule has 0 aliphatic heterocycles. The molecule has 0 bridgehead atoms. The number of nitro benzene ring substituents is 1. The molecule has 0 aliphatic carbocycles. The largest absolute Gasteiger partial charge is 0.292 e. The Morgan fingerprint density at radius 1 is 1.53 bits per heavy atom. The monoisotopic (exact) mass is 280 g/mol. The summed E-state index contributed by atoms with van der Waals surface area (Å²) < 4.78 is 0. The molecular weight excluding hydrogens is 268 g/mol. The summed E-state index contributed by atoms with van der Waals surface area (Å²) in [6, 6.07) is 5.74. The number of halogens is 1. The van der Waals surface area contributed by atoms with Gasteiger partial charge >= 0.3 is 0 Å². The van der Waals surface area contributed by atoms with E-state index in [1.807, 2.05) is 19.9 Å². The molecule has 0 aliphatic rings. The van der Waals surface area contributed by atoms with Crippen molar-refractivity contribution in [3.8, 4) is 6.07 Å². The molecule has 0 amide bonds. The van der Waals surface area contributed by atoms with Crippen LogP contribution in [0.2, 0.25) is 5.02 Å². The Bertz CT molecular complexity index is 549. The lowest BCUT2D eigenvalue weighted by Crippen LogP contribution is -2.16. The summed E-state index contributed by atoms with van der Waals surface area (Å²) >= 11 is 5.68. The van der Waals surface area contributed by atoms with Crippen LogP contribution in [-0.2, 0) is 0 Å². The number of hydrogen-bond acceptors (Lipinski definition) is 4. The normalized spacial score (nSPS) is 11.9. The summed E-state index contributed by atoms with van der Waals surface area (Å²) in [4.78, 5) is 22.4. The molecular formula is C13H13ClN2O3. The molecule has 0 heterocycles. The van der Waals surface area contributed by atoms with Gasteiger partial charge in [-0.15, -0.1) is 0 Å². The summed E-state index contributed by atoms with van der Waals surface area (Å²) in [6.45, 7) is 3.77. The maximum atomic E-state index is 12.2. The van der Waals surface area contributed by atoms with E-state index in [1.54, 1.807) is 0 Å². The van der Waals surface area contributed by atoms with E-state index in [0.717, 1.165) is 6.07 Å². The number of nitro groups is 1. The predicted molar refractivity (Wildman–Crippen MR) is 71.0 cm³/mol. The lowest BCUT2D eigenvalue weighted by molar-refractivity contribution is -0.385. The van der Waals surface area contributed by atoms with Crippen molar-refractivity contribution in [2.45, 2.75) is 20.3 Å². The molecule has 0 spiro atoms. The lowest BCUT2D eigenvalue weighted by atomic mass is 9.90. The van der Waals surface area contributed by atoms with E-state index in [4.69, 9.17) is 16.9 Å². The van der Waals surface area contributed by atoms with Crippen LogP contribution in [0.15, 0.2) is 18.2 Å². The molecule has 1 atom stereocenters. The van der Waals surface area contributed by atoms with Gasteiger partial charge in [-0.2, -0.15) is 5.26 Å². The third kappa shape index (κ3) is 3.76. The quantitative estimate of drug-likeness (QED) is 0.468. The highest BCUT2D eigenvalue weighted by atomic mass is 35.5. The van der Waals surface area contributed by atoms with Crippen LogP contribution in [-0.4, -0.2) is 10.7 Å². The van der Waals surface area contributed by atoms with E-state index >= 15 is 0 Å². The number of ketones is 1. The van der Waals surface area contributed by atoms with Crippen molar-refractivity contribution in [2.24, 2.45) is 11.8 Å². The molecule has 19 heavy (non-hydrogen) atoms. The van der Waals surface area contributed by atoms with Gasteiger partial charge in [-0.25, -0.2) is 0 Å². The summed E-state index contributed by atoms with van der Waals surface area (Å²) in [5, 5.41) is 20.1. The summed E-state index contributed by atoms with van der Waals surface area (Å²) in [6.07, 6.45) is 0.370. The van der Waals surface area contributed by atoms with Crippen molar-refractivity contribution in [1.29, 1.82) is 5.26 Å². The van der Waals surface area contributed by atoms with Crippen molar-refractivity contribution in [3.63, 3.8) is 0 Å². The number of nitrogens with zero attached hydrogens (tertiary/aromatic N) is 2. The molecule has 0 radical (unpaired) electrons. The Morgan fingerprint density at radius 2 is 2.16 bits per heavy atom. The fourth-order valence-electron chi connectivity index (χ4n) is 1.74. The van der Waals surface area contributed by atoms with Gasteiger partial charge in [0.05, 0.1) is 16.6 Å². The smallest absolute Gasteiger partial charge is 0.281 e. The number of rotatable bonds is 5. The van der Waals surface area contributed by atoms with Gasteiger partial charge in [0.25, 0.3) is 5.69 Å². The SMILES string of the molecule is CC(C)CC(C#N)C(=O)c1ccc(Cl)cc1[N+](=O)[O-]. The van der Waals surface area contributed by atoms with Crippen LogP contribution in [0.1, 0.15) is 30.6 Å². The first-order chi connectivity index (χ1) is 8.86. The minimum atomic E-state index is -0.875. The lowest BCUT2D eigenvalue weighted by Gasteiger charge is -2.10. The van der Waals surface area contributed by atoms with E-state index in [1.165, 1.54) is 12.1 Å². The molecule has 6 heteroatoms. The molecule has 0 N–H and O–H groups in total. The molecule has 0 saturated heterocycles. The molecule has 1 aromatic rings. The van der Waals surface area contributed by atoms with E-state index in [0.29, 0.717) is 6.42 Å². The van der Waals surface area contributed by atoms with Gasteiger partial charge in [-0.05, 0) is 24.5 Å². The Balaban J connectivity index is 3.19. The van der Waals surface area contributed by atoms with Gasteiger partial charge in [-0.3, -0.25) is 14.9 Å². The number of Topliss-reactive ketones (excluding diaryl/α,β-unsaturated/α-hetero) is 1. The first-order valence-electron chi connectivity index (χ1n) is 5.74. The highest BCUT2D eigenvalue weighted by molar-refractivity contribution is 6.31. The van der Waals surface area contributed by atoms with Gasteiger partial charge in [0.2, 0.25) is 0 Å². The van der Waals surface area contributed by atoms with Crippen molar-refractivity contribution in [2.75, 3.05) is 0 Å². The zero-order valence-electron chi connectivity index (χ0n) is 10.6. The third-order valence-electron chi connectivity index (χ3n) is 2.60. The Kier molecular flexibility index (Phi) is 5.02. The highest BCUT2D eigenvalue weighted by Crippen LogP contribution is 2.27. The van der Waals surface area contributed by atoms with Crippen LogP contribution in [0.3, 0.4) is 0 Å². The van der Waals surface area contributed by atoms with E-state index in [9.17, 15) is 14.9 Å². The average molecular weight is 281 g/mol. The zero-order chi connectivity index (χ0) is 14.6. The Labute approximate surface area is 115 Å². The summed E-state index contributed by atoms with van der Waals surface area (Å²) in [7, 11) is 0. The average Bonchev–Trinajstić information content (AvgIpc) is 2.34. The number of benzene rings is 1. The van der Waals surface area contributed by atoms with Gasteiger partial charge in [-0.1, -0.05) is 25.4 Å². The molecule has 1 rings (SSSR count).